The van der Waals surface area contributed by atoms with E-state index in [1.165, 1.54) is 13.0 Å². The smallest absolute Gasteiger partial charge is 0.290 e. The fraction of sp³-hybridized carbons (Fsp3) is 0.545. The molecule has 1 aliphatic rings. The van der Waals surface area contributed by atoms with E-state index in [2.05, 4.69) is 10.3 Å². The molecule has 0 spiro atoms. The second-order valence-electron chi connectivity index (χ2n) is 4.58. The van der Waals surface area contributed by atoms with Crippen molar-refractivity contribution >= 4 is 11.5 Å². The van der Waals surface area contributed by atoms with Gasteiger partial charge in [-0.3, -0.25) is 10.1 Å². The first-order valence-electron chi connectivity index (χ1n) is 5.90. The summed E-state index contributed by atoms with van der Waals surface area (Å²) in [5.41, 5.74) is -1.70. The lowest BCUT2D eigenvalue weighted by Crippen LogP contribution is -2.55. The van der Waals surface area contributed by atoms with Crippen LogP contribution in [0.5, 0.6) is 0 Å². The van der Waals surface area contributed by atoms with E-state index in [0.717, 1.165) is 6.20 Å². The highest BCUT2D eigenvalue weighted by Gasteiger charge is 2.50. The molecule has 0 aliphatic carbocycles. The van der Waals surface area contributed by atoms with Crippen molar-refractivity contribution in [2.75, 3.05) is 18.5 Å². The van der Waals surface area contributed by atoms with Crippen molar-refractivity contribution in [3.05, 3.63) is 27.9 Å². The van der Waals surface area contributed by atoms with Crippen molar-refractivity contribution in [1.82, 2.24) is 4.98 Å². The highest BCUT2D eigenvalue weighted by atomic mass is 16.6. The van der Waals surface area contributed by atoms with Gasteiger partial charge in [-0.25, -0.2) is 4.98 Å². The topological polar surface area (TPSA) is 138 Å². The first-order valence-corrected chi connectivity index (χ1v) is 5.90. The number of rotatable bonds is 4. The number of hydrogen-bond donors (Lipinski definition) is 4. The summed E-state index contributed by atoms with van der Waals surface area (Å²) in [5.74, 6) is 0.138. The molecule has 0 aromatic carbocycles. The molecule has 1 aliphatic heterocycles. The number of hydrogen-bond acceptors (Lipinski definition) is 8. The van der Waals surface area contributed by atoms with Crippen LogP contribution in [0.2, 0.25) is 0 Å². The Kier molecular flexibility index (Phi) is 3.86. The summed E-state index contributed by atoms with van der Waals surface area (Å²) in [5, 5.41) is 42.4. The molecule has 9 heteroatoms. The van der Waals surface area contributed by atoms with E-state index in [1.54, 1.807) is 0 Å². The predicted octanol–water partition coefficient (Wildman–Crippen LogP) is -0.849. The van der Waals surface area contributed by atoms with E-state index >= 15 is 0 Å². The quantitative estimate of drug-likeness (QED) is 0.319. The Morgan fingerprint density at radius 2 is 2.40 bits per heavy atom. The monoisotopic (exact) mass is 285 g/mol. The van der Waals surface area contributed by atoms with Crippen molar-refractivity contribution in [2.45, 2.75) is 24.9 Å². The molecule has 1 saturated heterocycles. The number of ether oxygens (including phenoxy) is 1. The molecule has 1 aromatic rings. The Hall–Kier alpha value is -1.81. The molecular weight excluding hydrogens is 270 g/mol. The molecule has 0 amide bonds. The summed E-state index contributed by atoms with van der Waals surface area (Å²) in [4.78, 5) is 13.9. The zero-order chi connectivity index (χ0) is 14.9. The van der Waals surface area contributed by atoms with Crippen LogP contribution >= 0.6 is 0 Å². The molecule has 0 saturated carbocycles. The lowest BCUT2D eigenvalue weighted by molar-refractivity contribution is -0.385. The Morgan fingerprint density at radius 1 is 1.70 bits per heavy atom. The number of aryl methyl sites for hydroxylation is 1. The van der Waals surface area contributed by atoms with Crippen molar-refractivity contribution in [1.29, 1.82) is 0 Å². The largest absolute Gasteiger partial charge is 0.393 e. The number of anilines is 1. The molecule has 0 radical (unpaired) electrons. The summed E-state index contributed by atoms with van der Waals surface area (Å²) in [6.45, 7) is 0.896. The fourth-order valence-corrected chi connectivity index (χ4v) is 2.05. The number of aliphatic hydroxyl groups excluding tert-OH is 2. The maximum absolute atomic E-state index is 10.7. The molecule has 2 rings (SSSR count). The highest BCUT2D eigenvalue weighted by molar-refractivity contribution is 5.48. The second kappa shape index (κ2) is 5.29. The van der Waals surface area contributed by atoms with Crippen LogP contribution in [0, 0.1) is 17.0 Å². The van der Waals surface area contributed by atoms with Gasteiger partial charge in [-0.2, -0.15) is 0 Å². The second-order valence-corrected chi connectivity index (χ2v) is 4.58. The van der Waals surface area contributed by atoms with Crippen LogP contribution in [0.1, 0.15) is 5.56 Å². The summed E-state index contributed by atoms with van der Waals surface area (Å²) >= 11 is 0. The molecule has 3 atom stereocenters. The number of nitro groups is 1. The first kappa shape index (κ1) is 14.6. The third kappa shape index (κ3) is 2.43. The molecular formula is C11H15N3O6. The number of aliphatic hydroxyl groups is 3. The Bertz CT molecular complexity index is 525. The Balaban J connectivity index is 2.25. The van der Waals surface area contributed by atoms with E-state index in [9.17, 15) is 20.3 Å². The van der Waals surface area contributed by atoms with E-state index in [4.69, 9.17) is 9.84 Å². The molecule has 0 bridgehead atoms. The lowest BCUT2D eigenvalue weighted by atomic mass is 10.0. The lowest BCUT2D eigenvalue weighted by Gasteiger charge is -2.31. The van der Waals surface area contributed by atoms with Crippen LogP contribution in [0.3, 0.4) is 0 Å². The minimum Gasteiger partial charge on any atom is -0.393 e. The van der Waals surface area contributed by atoms with Crippen LogP contribution in [-0.2, 0) is 4.74 Å². The Morgan fingerprint density at radius 3 is 2.95 bits per heavy atom. The van der Waals surface area contributed by atoms with Gasteiger partial charge in [0.1, 0.15) is 24.2 Å². The molecule has 9 nitrogen and oxygen atoms in total. The SMILES string of the molecule is Cc1cc(N[C@@]2(O)[C@@H](O)CO[C@@H]2CO)ncc1[N+](=O)[O-]. The van der Waals surface area contributed by atoms with Gasteiger partial charge in [0.25, 0.3) is 5.69 Å². The van der Waals surface area contributed by atoms with Crippen LogP contribution in [0.25, 0.3) is 0 Å². The normalized spacial score (nSPS) is 29.4. The summed E-state index contributed by atoms with van der Waals surface area (Å²) < 4.78 is 5.05. The van der Waals surface area contributed by atoms with Crippen molar-refractivity contribution in [3.63, 3.8) is 0 Å². The maximum atomic E-state index is 10.7. The fourth-order valence-electron chi connectivity index (χ4n) is 2.05. The van der Waals surface area contributed by atoms with Crippen molar-refractivity contribution in [2.24, 2.45) is 0 Å². The van der Waals surface area contributed by atoms with Crippen LogP contribution in [0.4, 0.5) is 11.5 Å². The Labute approximate surface area is 114 Å². The minimum absolute atomic E-state index is 0.138. The van der Waals surface area contributed by atoms with Gasteiger partial charge in [-0.1, -0.05) is 0 Å². The molecule has 110 valence electrons. The van der Waals surface area contributed by atoms with Gasteiger partial charge in [0.15, 0.2) is 5.72 Å². The van der Waals surface area contributed by atoms with Gasteiger partial charge < -0.3 is 25.4 Å². The van der Waals surface area contributed by atoms with Gasteiger partial charge >= 0.3 is 0 Å². The van der Waals surface area contributed by atoms with Crippen molar-refractivity contribution in [3.8, 4) is 0 Å². The molecule has 1 aromatic heterocycles. The summed E-state index contributed by atoms with van der Waals surface area (Å²) in [6, 6.07) is 1.37. The number of pyridine rings is 1. The maximum Gasteiger partial charge on any atom is 0.290 e. The molecule has 2 heterocycles. The zero-order valence-corrected chi connectivity index (χ0v) is 10.7. The van der Waals surface area contributed by atoms with E-state index in [0.29, 0.717) is 5.56 Å². The third-order valence-electron chi connectivity index (χ3n) is 3.23. The van der Waals surface area contributed by atoms with Crippen molar-refractivity contribution < 1.29 is 25.0 Å². The molecule has 20 heavy (non-hydrogen) atoms. The summed E-state index contributed by atoms with van der Waals surface area (Å²) in [6.07, 6.45) is -1.22. The van der Waals surface area contributed by atoms with Gasteiger partial charge in [0, 0.05) is 5.56 Å². The molecule has 0 unspecified atom stereocenters. The minimum atomic E-state index is -1.90. The van der Waals surface area contributed by atoms with Gasteiger partial charge in [-0.05, 0) is 13.0 Å². The molecule has 4 N–H and O–H groups in total. The summed E-state index contributed by atoms with van der Waals surface area (Å²) in [7, 11) is 0. The van der Waals surface area contributed by atoms with Crippen LogP contribution in [0.15, 0.2) is 12.3 Å². The van der Waals surface area contributed by atoms with E-state index in [1.807, 2.05) is 0 Å². The highest BCUT2D eigenvalue weighted by Crippen LogP contribution is 2.28. The average molecular weight is 285 g/mol. The standard InChI is InChI=1S/C11H15N3O6/c1-6-2-10(12-3-7(6)14(18)19)13-11(17)8(16)5-20-9(11)4-15/h2-3,8-9,15-17H,4-5H2,1H3,(H,12,13)/t8-,9+,11+/m0/s1. The molecule has 1 fully saturated rings. The average Bonchev–Trinajstić information content (AvgIpc) is 2.65. The van der Waals surface area contributed by atoms with E-state index < -0.39 is 29.5 Å². The van der Waals surface area contributed by atoms with Gasteiger partial charge in [-0.15, -0.1) is 0 Å². The van der Waals surface area contributed by atoms with Crippen LogP contribution in [-0.4, -0.2) is 56.4 Å². The van der Waals surface area contributed by atoms with Crippen LogP contribution < -0.4 is 5.32 Å². The van der Waals surface area contributed by atoms with E-state index in [-0.39, 0.29) is 18.1 Å². The van der Waals surface area contributed by atoms with Gasteiger partial charge in [0.05, 0.1) is 18.1 Å². The first-order chi connectivity index (χ1) is 9.38. The number of aromatic nitrogens is 1. The zero-order valence-electron chi connectivity index (χ0n) is 10.7. The van der Waals surface area contributed by atoms with Gasteiger partial charge in [0.2, 0.25) is 0 Å². The predicted molar refractivity (Wildman–Crippen MR) is 67.0 cm³/mol. The third-order valence-corrected chi connectivity index (χ3v) is 3.23. The number of nitrogens with one attached hydrogen (secondary N) is 1. The number of nitrogens with zero attached hydrogens (tertiary/aromatic N) is 2.